The first kappa shape index (κ1) is 12.7. The second-order valence-corrected chi connectivity index (χ2v) is 5.59. The van der Waals surface area contributed by atoms with Crippen LogP contribution < -0.4 is 10.6 Å². The molecule has 7 heteroatoms. The maximum absolute atomic E-state index is 13.5. The van der Waals surface area contributed by atoms with Gasteiger partial charge in [-0.25, -0.2) is 9.18 Å². The van der Waals surface area contributed by atoms with Gasteiger partial charge in [0, 0.05) is 18.3 Å². The van der Waals surface area contributed by atoms with E-state index in [0.717, 1.165) is 6.08 Å². The molecule has 3 aliphatic rings. The molecule has 2 aliphatic heterocycles. The van der Waals surface area contributed by atoms with E-state index in [1.807, 2.05) is 0 Å². The average molecular weight is 331 g/mol. The number of alkyl halides is 1. The minimum Gasteiger partial charge on any atom is -0.493 e. The van der Waals surface area contributed by atoms with Crippen molar-refractivity contribution in [3.63, 3.8) is 0 Å². The maximum Gasteiger partial charge on any atom is 0.315 e. The van der Waals surface area contributed by atoms with E-state index in [0.29, 0.717) is 24.1 Å². The van der Waals surface area contributed by atoms with E-state index in [2.05, 4.69) is 26.6 Å². The molecule has 0 aromatic heterocycles. The molecule has 5 nitrogen and oxygen atoms in total. The van der Waals surface area contributed by atoms with Crippen molar-refractivity contribution in [3.8, 4) is 0 Å². The van der Waals surface area contributed by atoms with Crippen molar-refractivity contribution in [2.24, 2.45) is 5.92 Å². The molecule has 2 heterocycles. The monoisotopic (exact) mass is 330 g/mol. The van der Waals surface area contributed by atoms with Crippen molar-refractivity contribution in [1.82, 2.24) is 10.6 Å². The summed E-state index contributed by atoms with van der Waals surface area (Å²) in [5.41, 5.74) is -0.803. The van der Waals surface area contributed by atoms with Crippen LogP contribution in [0.4, 0.5) is 9.18 Å². The van der Waals surface area contributed by atoms with E-state index in [1.165, 1.54) is 6.08 Å². The van der Waals surface area contributed by atoms with Gasteiger partial charge in [0.25, 0.3) is 0 Å². The van der Waals surface area contributed by atoms with Crippen LogP contribution in [0.1, 0.15) is 6.42 Å². The van der Waals surface area contributed by atoms with Crippen LogP contribution in [-0.2, 0) is 9.53 Å². The normalized spacial score (nSPS) is 36.9. The quantitative estimate of drug-likeness (QED) is 0.709. The van der Waals surface area contributed by atoms with Crippen LogP contribution in [0.2, 0.25) is 0 Å². The van der Waals surface area contributed by atoms with E-state index >= 15 is 0 Å². The third-order valence-corrected chi connectivity index (χ3v) is 4.44. The Labute approximate surface area is 117 Å². The number of rotatable bonds is 1. The molecule has 102 valence electrons. The number of hydrogen-bond acceptors (Lipinski definition) is 3. The highest BCUT2D eigenvalue weighted by Gasteiger charge is 2.55. The smallest absolute Gasteiger partial charge is 0.315 e. The van der Waals surface area contributed by atoms with E-state index < -0.39 is 23.1 Å². The number of ether oxygens (including phenoxy) is 1. The average Bonchev–Trinajstić information content (AvgIpc) is 2.75. The molecule has 0 aromatic rings. The summed E-state index contributed by atoms with van der Waals surface area (Å²) in [6.45, 7) is 0.291. The highest BCUT2D eigenvalue weighted by atomic mass is 79.9. The number of carbonyl (C=O) groups excluding carboxylic acids is 2. The molecule has 2 N–H and O–H groups in total. The summed E-state index contributed by atoms with van der Waals surface area (Å²) in [6, 6.07) is -0.336. The summed E-state index contributed by atoms with van der Waals surface area (Å²) in [6.07, 6.45) is 2.88. The van der Waals surface area contributed by atoms with Gasteiger partial charge in [-0.1, -0.05) is 15.9 Å². The molecule has 2 fully saturated rings. The van der Waals surface area contributed by atoms with E-state index in [9.17, 15) is 14.0 Å². The number of allylic oxidation sites excluding steroid dienone is 3. The van der Waals surface area contributed by atoms with Gasteiger partial charge in [-0.15, -0.1) is 0 Å². The van der Waals surface area contributed by atoms with Crippen molar-refractivity contribution in [1.29, 1.82) is 0 Å². The minimum atomic E-state index is -0.803. The molecule has 19 heavy (non-hydrogen) atoms. The molecule has 2 amide bonds. The molecule has 3 atom stereocenters. The lowest BCUT2D eigenvalue weighted by atomic mass is 9.73. The van der Waals surface area contributed by atoms with Gasteiger partial charge in [-0.05, 0) is 12.2 Å². The van der Waals surface area contributed by atoms with Gasteiger partial charge in [-0.2, -0.15) is 0 Å². The predicted molar refractivity (Wildman–Crippen MR) is 68.3 cm³/mol. The van der Waals surface area contributed by atoms with Crippen LogP contribution in [-0.4, -0.2) is 35.3 Å². The molecule has 0 aromatic carbocycles. The van der Waals surface area contributed by atoms with Gasteiger partial charge in [-0.3, -0.25) is 4.79 Å². The lowest BCUT2D eigenvalue weighted by Crippen LogP contribution is -2.59. The van der Waals surface area contributed by atoms with Crippen LogP contribution in [0.5, 0.6) is 0 Å². The number of urea groups is 1. The van der Waals surface area contributed by atoms with Gasteiger partial charge in [0.05, 0.1) is 5.54 Å². The van der Waals surface area contributed by atoms with Crippen LogP contribution in [0, 0.1) is 5.92 Å². The van der Waals surface area contributed by atoms with Gasteiger partial charge in [0.2, 0.25) is 5.78 Å². The molecule has 0 radical (unpaired) electrons. The lowest BCUT2D eigenvalue weighted by molar-refractivity contribution is -0.126. The third-order valence-electron chi connectivity index (χ3n) is 3.72. The summed E-state index contributed by atoms with van der Waals surface area (Å²) >= 11 is 3.34. The molecule has 3 unspecified atom stereocenters. The Bertz CT molecular complexity index is 519. The first-order valence-corrected chi connectivity index (χ1v) is 7.08. The number of Topliss-reactive ketones (excluding diaryl/α,β-unsaturated/α-hetero) is 1. The molecule has 2 saturated heterocycles. The standard InChI is InChI=1S/C12H12BrFN2O3/c13-4-6-3-12(5-15-11(18)16-12)9-8(19-6)2-1-7(14)10(9)17/h1-2,6,9H,3-5H2,(H2,15,16,18). The van der Waals surface area contributed by atoms with Crippen LogP contribution in [0.25, 0.3) is 0 Å². The summed E-state index contributed by atoms with van der Waals surface area (Å²) in [4.78, 5) is 23.5. The zero-order chi connectivity index (χ0) is 13.6. The van der Waals surface area contributed by atoms with Gasteiger partial charge in [0.15, 0.2) is 5.83 Å². The molecule has 1 aliphatic carbocycles. The Morgan fingerprint density at radius 3 is 2.89 bits per heavy atom. The second kappa shape index (κ2) is 4.33. The number of halogens is 2. The zero-order valence-electron chi connectivity index (χ0n) is 9.91. The molecular formula is C12H12BrFN2O3. The Morgan fingerprint density at radius 2 is 2.26 bits per heavy atom. The molecule has 0 saturated carbocycles. The molecular weight excluding hydrogens is 319 g/mol. The van der Waals surface area contributed by atoms with Gasteiger partial charge in [0.1, 0.15) is 17.8 Å². The van der Waals surface area contributed by atoms with E-state index in [4.69, 9.17) is 4.74 Å². The van der Waals surface area contributed by atoms with Crippen molar-refractivity contribution in [2.45, 2.75) is 18.1 Å². The third kappa shape index (κ3) is 1.87. The number of nitrogens with one attached hydrogen (secondary N) is 2. The Kier molecular flexibility index (Phi) is 2.88. The fraction of sp³-hybridized carbons (Fsp3) is 0.500. The number of ketones is 1. The Balaban J connectivity index is 2.03. The van der Waals surface area contributed by atoms with Crippen molar-refractivity contribution in [2.75, 3.05) is 11.9 Å². The molecule has 1 spiro atoms. The fourth-order valence-electron chi connectivity index (χ4n) is 2.93. The Hall–Kier alpha value is -1.37. The summed E-state index contributed by atoms with van der Waals surface area (Å²) in [5, 5.41) is 6.01. The topological polar surface area (TPSA) is 67.4 Å². The van der Waals surface area contributed by atoms with E-state index in [1.54, 1.807) is 0 Å². The van der Waals surface area contributed by atoms with E-state index in [-0.39, 0.29) is 12.1 Å². The van der Waals surface area contributed by atoms with Crippen molar-refractivity contribution >= 4 is 27.7 Å². The molecule has 0 bridgehead atoms. The highest BCUT2D eigenvalue weighted by molar-refractivity contribution is 9.09. The van der Waals surface area contributed by atoms with Crippen LogP contribution in [0.15, 0.2) is 23.7 Å². The Morgan fingerprint density at radius 1 is 1.47 bits per heavy atom. The van der Waals surface area contributed by atoms with Crippen molar-refractivity contribution < 1.29 is 18.7 Å². The lowest BCUT2D eigenvalue weighted by Gasteiger charge is -2.44. The number of carbonyl (C=O) groups is 2. The highest BCUT2D eigenvalue weighted by Crippen LogP contribution is 2.42. The summed E-state index contributed by atoms with van der Waals surface area (Å²) < 4.78 is 19.2. The summed E-state index contributed by atoms with van der Waals surface area (Å²) in [7, 11) is 0. The SMILES string of the molecule is O=C1NCC2(CC(CBr)OC3=CC=C(F)C(=O)C32)N1. The number of hydrogen-bond donors (Lipinski definition) is 2. The largest absolute Gasteiger partial charge is 0.493 e. The summed E-state index contributed by atoms with van der Waals surface area (Å²) in [5.74, 6) is -1.79. The number of fused-ring (bicyclic) bond motifs is 2. The van der Waals surface area contributed by atoms with Gasteiger partial charge < -0.3 is 15.4 Å². The van der Waals surface area contributed by atoms with Crippen molar-refractivity contribution in [3.05, 3.63) is 23.7 Å². The zero-order valence-corrected chi connectivity index (χ0v) is 11.5. The number of amides is 2. The minimum absolute atomic E-state index is 0.162. The predicted octanol–water partition coefficient (Wildman–Crippen LogP) is 1.16. The first-order valence-electron chi connectivity index (χ1n) is 5.96. The van der Waals surface area contributed by atoms with Crippen LogP contribution >= 0.6 is 15.9 Å². The second-order valence-electron chi connectivity index (χ2n) is 4.94. The molecule has 3 rings (SSSR count). The maximum atomic E-state index is 13.5. The van der Waals surface area contributed by atoms with Gasteiger partial charge >= 0.3 is 6.03 Å². The fourth-order valence-corrected chi connectivity index (χ4v) is 3.29. The first-order chi connectivity index (χ1) is 9.05. The van der Waals surface area contributed by atoms with Crippen LogP contribution in [0.3, 0.4) is 0 Å².